The van der Waals surface area contributed by atoms with E-state index in [9.17, 15) is 8.78 Å². The van der Waals surface area contributed by atoms with Crippen molar-refractivity contribution in [1.82, 2.24) is 24.5 Å². The Labute approximate surface area is 195 Å². The Morgan fingerprint density at radius 1 is 1.21 bits per heavy atom. The van der Waals surface area contributed by atoms with Crippen molar-refractivity contribution in [3.05, 3.63) is 18.1 Å². The lowest BCUT2D eigenvalue weighted by atomic mass is 10.1. The molecule has 3 aromatic heterocycles. The van der Waals surface area contributed by atoms with Crippen molar-refractivity contribution in [3.63, 3.8) is 0 Å². The molecule has 0 spiro atoms. The Morgan fingerprint density at radius 2 is 2.03 bits per heavy atom. The van der Waals surface area contributed by atoms with Gasteiger partial charge >= 0.3 is 0 Å². The van der Waals surface area contributed by atoms with E-state index in [0.29, 0.717) is 71.4 Å². The Bertz CT molecular complexity index is 1270. The first-order valence-electron chi connectivity index (χ1n) is 11.6. The monoisotopic (exact) mass is 471 g/mol. The second kappa shape index (κ2) is 7.46. The predicted molar refractivity (Wildman–Crippen MR) is 122 cm³/mol. The number of anilines is 2. The molecule has 0 atom stereocenters. The van der Waals surface area contributed by atoms with Crippen LogP contribution in [0.25, 0.3) is 22.6 Å². The van der Waals surface area contributed by atoms with E-state index in [4.69, 9.17) is 30.2 Å². The molecular weight excluding hydrogens is 444 g/mol. The number of hydrogen-bond donors (Lipinski definition) is 1. The molecule has 180 valence electrons. The normalized spacial score (nSPS) is 21.1. The molecule has 0 bridgehead atoms. The molecule has 2 aliphatic heterocycles. The highest BCUT2D eigenvalue weighted by Gasteiger charge is 2.41. The summed E-state index contributed by atoms with van der Waals surface area (Å²) in [5.41, 5.74) is 7.11. The quantitative estimate of drug-likeness (QED) is 0.604. The fraction of sp³-hybridized carbons (Fsp3) is 0.565. The first kappa shape index (κ1) is 21.5. The number of ether oxygens (including phenoxy) is 2. The molecule has 0 unspecified atom stereocenters. The van der Waals surface area contributed by atoms with E-state index in [1.165, 1.54) is 0 Å². The van der Waals surface area contributed by atoms with Crippen LogP contribution in [0.15, 0.2) is 12.3 Å². The minimum atomic E-state index is -2.77. The van der Waals surface area contributed by atoms with Gasteiger partial charge in [0.25, 0.3) is 5.92 Å². The summed E-state index contributed by atoms with van der Waals surface area (Å²) >= 11 is 0. The lowest BCUT2D eigenvalue weighted by Crippen LogP contribution is -2.33. The largest absolute Gasteiger partial charge is 0.489 e. The molecule has 3 aromatic rings. The van der Waals surface area contributed by atoms with E-state index >= 15 is 0 Å². The van der Waals surface area contributed by atoms with Crippen LogP contribution in [0.2, 0.25) is 0 Å². The van der Waals surface area contributed by atoms with E-state index in [1.54, 1.807) is 17.2 Å². The van der Waals surface area contributed by atoms with Crippen LogP contribution in [0.4, 0.5) is 20.4 Å². The number of nitrogens with zero attached hydrogens (tertiary/aromatic N) is 6. The smallest absolute Gasteiger partial charge is 0.266 e. The van der Waals surface area contributed by atoms with Gasteiger partial charge in [-0.25, -0.2) is 28.7 Å². The molecule has 2 N–H and O–H groups in total. The summed E-state index contributed by atoms with van der Waals surface area (Å²) in [5.74, 6) is 0.0313. The minimum absolute atomic E-state index is 0.191. The average molecular weight is 472 g/mol. The summed E-state index contributed by atoms with van der Waals surface area (Å²) < 4.78 is 42.1. The molecule has 0 aromatic carbocycles. The second-order valence-corrected chi connectivity index (χ2v) is 9.88. The van der Waals surface area contributed by atoms with Crippen LogP contribution >= 0.6 is 0 Å². The molecule has 0 radical (unpaired) electrons. The van der Waals surface area contributed by atoms with Crippen LogP contribution in [0.5, 0.6) is 5.75 Å². The molecule has 1 saturated heterocycles. The third-order valence-corrected chi connectivity index (χ3v) is 6.67. The van der Waals surface area contributed by atoms with Crippen LogP contribution in [-0.4, -0.2) is 56.7 Å². The number of imidazole rings is 1. The van der Waals surface area contributed by atoms with Gasteiger partial charge in [-0.15, -0.1) is 0 Å². The third-order valence-electron chi connectivity index (χ3n) is 6.67. The number of nitrogen functional groups attached to an aromatic ring is 1. The molecule has 2 fully saturated rings. The Balaban J connectivity index is 1.49. The Hall–Kier alpha value is -3.08. The van der Waals surface area contributed by atoms with Gasteiger partial charge in [0.2, 0.25) is 0 Å². The molecular formula is C23H27F2N7O2. The first-order chi connectivity index (χ1) is 16.2. The molecule has 5 heterocycles. The van der Waals surface area contributed by atoms with E-state index in [2.05, 4.69) is 4.98 Å². The van der Waals surface area contributed by atoms with Crippen LogP contribution < -0.4 is 15.4 Å². The number of hydrogen-bond acceptors (Lipinski definition) is 8. The van der Waals surface area contributed by atoms with Gasteiger partial charge in [0.15, 0.2) is 34.4 Å². The van der Waals surface area contributed by atoms with Gasteiger partial charge < -0.3 is 24.7 Å². The van der Waals surface area contributed by atoms with E-state index in [1.807, 2.05) is 18.4 Å². The van der Waals surface area contributed by atoms with Gasteiger partial charge in [-0.05, 0) is 38.7 Å². The third kappa shape index (κ3) is 3.71. The fourth-order valence-corrected chi connectivity index (χ4v) is 4.57. The highest BCUT2D eigenvalue weighted by atomic mass is 19.3. The predicted octanol–water partition coefficient (Wildman–Crippen LogP) is 3.37. The summed E-state index contributed by atoms with van der Waals surface area (Å²) in [7, 11) is 0. The van der Waals surface area contributed by atoms with Gasteiger partial charge in [-0.3, -0.25) is 0 Å². The van der Waals surface area contributed by atoms with Crippen molar-refractivity contribution < 1.29 is 18.3 Å². The van der Waals surface area contributed by atoms with Crippen LogP contribution in [0, 0.1) is 5.92 Å². The van der Waals surface area contributed by atoms with Crippen molar-refractivity contribution in [1.29, 1.82) is 0 Å². The maximum Gasteiger partial charge on any atom is 0.266 e. The maximum absolute atomic E-state index is 14.1. The fourth-order valence-electron chi connectivity index (χ4n) is 4.57. The minimum Gasteiger partial charge on any atom is -0.489 e. The summed E-state index contributed by atoms with van der Waals surface area (Å²) in [6.45, 7) is 5.33. The van der Waals surface area contributed by atoms with Gasteiger partial charge in [-0.2, -0.15) is 0 Å². The molecule has 9 nitrogen and oxygen atoms in total. The van der Waals surface area contributed by atoms with Crippen molar-refractivity contribution in [2.45, 2.75) is 51.2 Å². The van der Waals surface area contributed by atoms with Gasteiger partial charge in [-0.1, -0.05) is 0 Å². The molecule has 6 rings (SSSR count). The number of aromatic nitrogens is 5. The second-order valence-electron chi connectivity index (χ2n) is 9.88. The molecule has 11 heteroatoms. The number of alkyl halides is 2. The van der Waals surface area contributed by atoms with Gasteiger partial charge in [0, 0.05) is 31.3 Å². The first-order valence-corrected chi connectivity index (χ1v) is 11.6. The van der Waals surface area contributed by atoms with Crippen molar-refractivity contribution in [2.24, 2.45) is 5.92 Å². The topological polar surface area (TPSA) is 104 Å². The van der Waals surface area contributed by atoms with Crippen molar-refractivity contribution >= 4 is 22.8 Å². The van der Waals surface area contributed by atoms with Gasteiger partial charge in [0.1, 0.15) is 11.4 Å². The number of pyridine rings is 1. The van der Waals surface area contributed by atoms with Crippen LogP contribution in [-0.2, 0) is 16.9 Å². The zero-order valence-electron chi connectivity index (χ0n) is 19.2. The number of halogens is 2. The molecule has 0 amide bonds. The molecule has 1 saturated carbocycles. The SMILES string of the molecule is CC1(C)OCCn2c1nc1c(N3CCC(F)(F)C3)nc(-c3cnc(N)c(OCC4CC4)c3)nc12. The number of nitrogens with two attached hydrogens (primary N) is 1. The van der Waals surface area contributed by atoms with Crippen LogP contribution in [0.1, 0.15) is 38.9 Å². The highest BCUT2D eigenvalue weighted by molar-refractivity contribution is 5.87. The summed E-state index contributed by atoms with van der Waals surface area (Å²) in [4.78, 5) is 20.2. The van der Waals surface area contributed by atoms with E-state index in [0.717, 1.165) is 12.8 Å². The van der Waals surface area contributed by atoms with E-state index < -0.39 is 18.1 Å². The molecule has 1 aliphatic carbocycles. The van der Waals surface area contributed by atoms with Crippen molar-refractivity contribution in [2.75, 3.05) is 36.9 Å². The van der Waals surface area contributed by atoms with E-state index in [-0.39, 0.29) is 13.0 Å². The standard InChI is InChI=1S/C23H27F2N7O2/c1-22(2)21-28-16-19(31-6-5-23(24,25)12-31)29-18(30-20(16)32(21)7-8-34-22)14-9-15(17(26)27-10-14)33-11-13-3-4-13/h9-10,13H,3-8,11-12H2,1-2H3,(H2,26,27). The number of rotatable bonds is 5. The lowest BCUT2D eigenvalue weighted by Gasteiger charge is -2.30. The zero-order valence-corrected chi connectivity index (χ0v) is 19.2. The van der Waals surface area contributed by atoms with Crippen LogP contribution in [0.3, 0.4) is 0 Å². The Morgan fingerprint density at radius 3 is 2.76 bits per heavy atom. The summed E-state index contributed by atoms with van der Waals surface area (Å²) in [6, 6.07) is 1.77. The summed E-state index contributed by atoms with van der Waals surface area (Å²) in [6.07, 6.45) is 3.67. The maximum atomic E-state index is 14.1. The zero-order chi connectivity index (χ0) is 23.7. The molecule has 3 aliphatic rings. The Kier molecular flexibility index (Phi) is 4.71. The van der Waals surface area contributed by atoms with Gasteiger partial charge in [0.05, 0.1) is 19.8 Å². The lowest BCUT2D eigenvalue weighted by molar-refractivity contribution is -0.0530. The summed E-state index contributed by atoms with van der Waals surface area (Å²) in [5, 5.41) is 0. The highest BCUT2D eigenvalue weighted by Crippen LogP contribution is 2.38. The molecule has 34 heavy (non-hydrogen) atoms. The van der Waals surface area contributed by atoms with Crippen molar-refractivity contribution in [3.8, 4) is 17.1 Å². The number of fused-ring (bicyclic) bond motifs is 3. The average Bonchev–Trinajstić information content (AvgIpc) is 3.43.